The maximum Gasteiger partial charge on any atom is 0.312 e. The smallest absolute Gasteiger partial charge is 0.312 e. The molecule has 0 saturated heterocycles. The van der Waals surface area contributed by atoms with E-state index in [1.54, 1.807) is 0 Å². The van der Waals surface area contributed by atoms with Crippen LogP contribution in [0.15, 0.2) is 18.2 Å². The van der Waals surface area contributed by atoms with E-state index in [2.05, 4.69) is 5.32 Å². The van der Waals surface area contributed by atoms with Crippen LogP contribution in [0.2, 0.25) is 0 Å². The van der Waals surface area contributed by atoms with E-state index < -0.39 is 12.2 Å². The molecule has 5 N–H and O–H groups in total. The van der Waals surface area contributed by atoms with Crippen molar-refractivity contribution in [2.24, 2.45) is 11.5 Å². The maximum atomic E-state index is 13.0. The number of amides is 2. The predicted molar refractivity (Wildman–Crippen MR) is 71.9 cm³/mol. The zero-order chi connectivity index (χ0) is 14.3. The van der Waals surface area contributed by atoms with Gasteiger partial charge in [0.05, 0.1) is 0 Å². The minimum Gasteiger partial charge on any atom is -0.490 e. The van der Waals surface area contributed by atoms with Crippen molar-refractivity contribution < 1.29 is 13.9 Å². The first-order chi connectivity index (χ1) is 9.01. The third-order valence-electron chi connectivity index (χ3n) is 2.51. The van der Waals surface area contributed by atoms with Crippen LogP contribution < -0.4 is 21.5 Å². The molecule has 0 aliphatic rings. The van der Waals surface area contributed by atoms with Gasteiger partial charge in [0, 0.05) is 13.1 Å². The first kappa shape index (κ1) is 15.2. The molecule has 0 spiro atoms. The number of halogens is 1. The van der Waals surface area contributed by atoms with Crippen molar-refractivity contribution in [1.29, 1.82) is 0 Å². The van der Waals surface area contributed by atoms with E-state index in [1.807, 2.05) is 25.1 Å². The minimum atomic E-state index is -1.17. The van der Waals surface area contributed by atoms with Crippen LogP contribution in [0.5, 0.6) is 5.75 Å². The molecule has 19 heavy (non-hydrogen) atoms. The zero-order valence-electron chi connectivity index (χ0n) is 11.0. The van der Waals surface area contributed by atoms with Crippen molar-refractivity contribution in [1.82, 2.24) is 5.32 Å². The number of urea groups is 1. The van der Waals surface area contributed by atoms with Crippen LogP contribution in [0.4, 0.5) is 9.18 Å². The molecule has 0 bridgehead atoms. The molecule has 1 aromatic carbocycles. The van der Waals surface area contributed by atoms with Crippen LogP contribution in [0.3, 0.4) is 0 Å². The van der Waals surface area contributed by atoms with E-state index in [0.717, 1.165) is 11.1 Å². The molecule has 0 heterocycles. The van der Waals surface area contributed by atoms with Gasteiger partial charge in [0.2, 0.25) is 0 Å². The number of rotatable bonds is 7. The van der Waals surface area contributed by atoms with Crippen LogP contribution >= 0.6 is 0 Å². The lowest BCUT2D eigenvalue weighted by molar-refractivity contribution is 0.201. The minimum absolute atomic E-state index is 0.0544. The fourth-order valence-corrected chi connectivity index (χ4v) is 1.64. The number of benzene rings is 1. The molecule has 0 fully saturated rings. The summed E-state index contributed by atoms with van der Waals surface area (Å²) >= 11 is 0. The molecule has 0 saturated carbocycles. The highest BCUT2D eigenvalue weighted by Crippen LogP contribution is 2.17. The summed E-state index contributed by atoms with van der Waals surface area (Å²) in [6, 6.07) is 5.07. The highest BCUT2D eigenvalue weighted by atomic mass is 19.1. The summed E-state index contributed by atoms with van der Waals surface area (Å²) in [6.45, 7) is 2.26. The Balaban J connectivity index is 2.58. The van der Waals surface area contributed by atoms with Gasteiger partial charge in [-0.1, -0.05) is 6.07 Å². The number of ether oxygens (including phenoxy) is 1. The lowest BCUT2D eigenvalue weighted by Gasteiger charge is -2.11. The Labute approximate surface area is 112 Å². The Morgan fingerprint density at radius 3 is 2.84 bits per heavy atom. The van der Waals surface area contributed by atoms with Crippen LogP contribution in [0.25, 0.3) is 0 Å². The summed E-state index contributed by atoms with van der Waals surface area (Å²) in [5, 5.41) is 2.51. The molecule has 1 aromatic rings. The second-order valence-electron chi connectivity index (χ2n) is 4.34. The Kier molecular flexibility index (Phi) is 6.08. The van der Waals surface area contributed by atoms with Crippen LogP contribution in [0.1, 0.15) is 11.1 Å². The van der Waals surface area contributed by atoms with Gasteiger partial charge < -0.3 is 21.5 Å². The molecular formula is C13H20FN3O2. The largest absolute Gasteiger partial charge is 0.490 e. The van der Waals surface area contributed by atoms with Gasteiger partial charge in [-0.3, -0.25) is 0 Å². The van der Waals surface area contributed by atoms with Gasteiger partial charge in [0.1, 0.15) is 18.5 Å². The number of nitrogens with two attached hydrogens (primary N) is 2. The van der Waals surface area contributed by atoms with E-state index in [0.29, 0.717) is 18.7 Å². The first-order valence-electron chi connectivity index (χ1n) is 6.12. The first-order valence-corrected chi connectivity index (χ1v) is 6.12. The predicted octanol–water partition coefficient (Wildman–Crippen LogP) is 0.881. The van der Waals surface area contributed by atoms with E-state index in [1.165, 1.54) is 0 Å². The van der Waals surface area contributed by atoms with E-state index in [-0.39, 0.29) is 13.2 Å². The molecule has 1 rings (SSSR count). The van der Waals surface area contributed by atoms with Crippen molar-refractivity contribution in [2.45, 2.75) is 19.5 Å². The maximum absolute atomic E-state index is 13.0. The van der Waals surface area contributed by atoms with E-state index >= 15 is 0 Å². The van der Waals surface area contributed by atoms with Gasteiger partial charge in [-0.05, 0) is 36.6 Å². The monoisotopic (exact) mass is 269 g/mol. The molecule has 0 unspecified atom stereocenters. The number of hydrogen-bond acceptors (Lipinski definition) is 3. The molecule has 2 amide bonds. The second-order valence-corrected chi connectivity index (χ2v) is 4.34. The highest BCUT2D eigenvalue weighted by Gasteiger charge is 2.06. The van der Waals surface area contributed by atoms with E-state index in [9.17, 15) is 9.18 Å². The van der Waals surface area contributed by atoms with Gasteiger partial charge in [-0.2, -0.15) is 0 Å². The molecule has 5 nitrogen and oxygen atoms in total. The van der Waals surface area contributed by atoms with Gasteiger partial charge in [-0.25, -0.2) is 9.18 Å². The molecule has 0 radical (unpaired) electrons. The summed E-state index contributed by atoms with van der Waals surface area (Å²) in [4.78, 5) is 10.6. The van der Waals surface area contributed by atoms with Gasteiger partial charge in [-0.15, -0.1) is 0 Å². The number of carbonyl (C=O) groups excluding carboxylic acids is 1. The number of hydrogen-bond donors (Lipinski definition) is 3. The van der Waals surface area contributed by atoms with E-state index in [4.69, 9.17) is 16.2 Å². The molecule has 0 aliphatic carbocycles. The Morgan fingerprint density at radius 2 is 2.21 bits per heavy atom. The number of primary amides is 1. The van der Waals surface area contributed by atoms with Crippen molar-refractivity contribution in [3.63, 3.8) is 0 Å². The Hall–Kier alpha value is -1.82. The molecule has 1 atom stereocenters. The topological polar surface area (TPSA) is 90.4 Å². The second kappa shape index (κ2) is 7.58. The normalized spacial score (nSPS) is 11.9. The third kappa shape index (κ3) is 6.05. The van der Waals surface area contributed by atoms with Crippen molar-refractivity contribution in [3.05, 3.63) is 29.3 Å². The number of nitrogens with one attached hydrogen (secondary N) is 1. The zero-order valence-corrected chi connectivity index (χ0v) is 11.0. The molecule has 6 heteroatoms. The summed E-state index contributed by atoms with van der Waals surface area (Å²) in [5.74, 6) is 0.602. The number of alkyl halides is 1. The van der Waals surface area contributed by atoms with Gasteiger partial charge >= 0.3 is 6.03 Å². The highest BCUT2D eigenvalue weighted by molar-refractivity contribution is 5.71. The summed E-state index contributed by atoms with van der Waals surface area (Å²) < 4.78 is 18.3. The molecular weight excluding hydrogens is 249 g/mol. The Morgan fingerprint density at radius 1 is 1.47 bits per heavy atom. The van der Waals surface area contributed by atoms with Crippen molar-refractivity contribution >= 4 is 6.03 Å². The molecule has 0 aliphatic heterocycles. The summed E-state index contributed by atoms with van der Waals surface area (Å²) in [5.41, 5.74) is 12.2. The lowest BCUT2D eigenvalue weighted by Crippen LogP contribution is -2.30. The quantitative estimate of drug-likeness (QED) is 0.686. The standard InChI is InChI=1S/C13H20FN3O2/c1-9-4-10(2-3-17-13(16)18)6-12(5-9)19-8-11(14)7-15/h4-6,11H,2-3,7-8,15H2,1H3,(H3,16,17,18)/t11-/m1/s1. The third-order valence-corrected chi connectivity index (χ3v) is 2.51. The van der Waals surface area contributed by atoms with Crippen molar-refractivity contribution in [3.8, 4) is 5.75 Å². The van der Waals surface area contributed by atoms with Crippen molar-refractivity contribution in [2.75, 3.05) is 19.7 Å². The summed E-state index contributed by atoms with van der Waals surface area (Å²) in [6.07, 6.45) is -0.530. The van der Waals surface area contributed by atoms with Crippen LogP contribution in [-0.4, -0.2) is 31.9 Å². The van der Waals surface area contributed by atoms with Crippen LogP contribution in [0, 0.1) is 6.92 Å². The fraction of sp³-hybridized carbons (Fsp3) is 0.462. The Bertz CT molecular complexity index is 426. The number of carbonyl (C=O) groups is 1. The molecule has 0 aromatic heterocycles. The SMILES string of the molecule is Cc1cc(CCNC(N)=O)cc(OC[C@H](F)CN)c1. The van der Waals surface area contributed by atoms with Crippen LogP contribution in [-0.2, 0) is 6.42 Å². The van der Waals surface area contributed by atoms with Gasteiger partial charge in [0.15, 0.2) is 0 Å². The molecule has 106 valence electrons. The average Bonchev–Trinajstić information content (AvgIpc) is 2.35. The van der Waals surface area contributed by atoms with Gasteiger partial charge in [0.25, 0.3) is 0 Å². The fourth-order valence-electron chi connectivity index (χ4n) is 1.64. The summed E-state index contributed by atoms with van der Waals surface area (Å²) in [7, 11) is 0. The average molecular weight is 269 g/mol. The lowest BCUT2D eigenvalue weighted by atomic mass is 10.1. The number of aryl methyl sites for hydroxylation is 1.